The van der Waals surface area contributed by atoms with Crippen LogP contribution in [0.2, 0.25) is 0 Å². The van der Waals surface area contributed by atoms with Crippen LogP contribution in [0.1, 0.15) is 5.56 Å². The smallest absolute Gasteiger partial charge is 0.138 e. The molecule has 0 unspecified atom stereocenters. The third kappa shape index (κ3) is 3.58. The topological polar surface area (TPSA) is 92.6 Å². The summed E-state index contributed by atoms with van der Waals surface area (Å²) in [6.45, 7) is 0.421. The van der Waals surface area contributed by atoms with Crippen molar-refractivity contribution >= 4 is 21.8 Å². The summed E-state index contributed by atoms with van der Waals surface area (Å²) in [5.41, 5.74) is 11.7. The van der Waals surface area contributed by atoms with Crippen molar-refractivity contribution in [1.82, 2.24) is 20.2 Å². The summed E-state index contributed by atoms with van der Waals surface area (Å²) in [4.78, 5) is 7.62. The molecule has 0 saturated carbocycles. The second kappa shape index (κ2) is 7.41. The van der Waals surface area contributed by atoms with Gasteiger partial charge >= 0.3 is 0 Å². The predicted octanol–water partition coefficient (Wildman–Crippen LogP) is 4.06. The third-order valence-corrected chi connectivity index (χ3v) is 5.11. The molecule has 4 N–H and O–H groups in total. The Morgan fingerprint density at radius 1 is 0.966 bits per heavy atom. The van der Waals surface area contributed by atoms with Gasteiger partial charge in [0.25, 0.3) is 0 Å². The number of aromatic nitrogens is 4. The molecule has 0 aliphatic rings. The van der Waals surface area contributed by atoms with Crippen LogP contribution in [0, 0.1) is 0 Å². The van der Waals surface area contributed by atoms with E-state index in [4.69, 9.17) is 10.5 Å². The molecule has 0 fully saturated rings. The summed E-state index contributed by atoms with van der Waals surface area (Å²) in [5.74, 6) is 0.710. The quantitative estimate of drug-likeness (QED) is 0.412. The predicted molar refractivity (Wildman–Crippen MR) is 115 cm³/mol. The Bertz CT molecular complexity index is 1270. The first-order chi connectivity index (χ1) is 14.3. The zero-order valence-electron chi connectivity index (χ0n) is 15.8. The van der Waals surface area contributed by atoms with E-state index in [0.717, 1.165) is 34.0 Å². The van der Waals surface area contributed by atoms with Crippen LogP contribution < -0.4 is 10.5 Å². The number of pyridine rings is 1. The highest BCUT2D eigenvalue weighted by Gasteiger charge is 2.10. The van der Waals surface area contributed by atoms with E-state index in [2.05, 4.69) is 44.4 Å². The van der Waals surface area contributed by atoms with Gasteiger partial charge in [-0.05, 0) is 35.7 Å². The first kappa shape index (κ1) is 17.5. The number of para-hydroxylation sites is 1. The van der Waals surface area contributed by atoms with E-state index in [1.807, 2.05) is 42.9 Å². The number of nitrogens with zero attached hydrogens (tertiary/aromatic N) is 2. The SMILES string of the molecule is N[C@H](COc1cncc(-c2ccc3cn[nH]c3c2)c1)Cc1c[nH]c2ccccc12. The van der Waals surface area contributed by atoms with Crippen molar-refractivity contribution < 1.29 is 4.74 Å². The van der Waals surface area contributed by atoms with Crippen LogP contribution in [-0.4, -0.2) is 32.8 Å². The van der Waals surface area contributed by atoms with Gasteiger partial charge in [-0.15, -0.1) is 0 Å². The molecule has 3 aromatic heterocycles. The summed E-state index contributed by atoms with van der Waals surface area (Å²) < 4.78 is 5.95. The van der Waals surface area contributed by atoms with E-state index in [-0.39, 0.29) is 6.04 Å². The molecular weight excluding hydrogens is 362 g/mol. The van der Waals surface area contributed by atoms with Crippen LogP contribution in [0.3, 0.4) is 0 Å². The van der Waals surface area contributed by atoms with Gasteiger partial charge in [-0.2, -0.15) is 5.10 Å². The lowest BCUT2D eigenvalue weighted by molar-refractivity contribution is 0.287. The van der Waals surface area contributed by atoms with Crippen molar-refractivity contribution in [3.63, 3.8) is 0 Å². The lowest BCUT2D eigenvalue weighted by Crippen LogP contribution is -2.30. The first-order valence-electron chi connectivity index (χ1n) is 9.58. The van der Waals surface area contributed by atoms with Gasteiger partial charge in [-0.3, -0.25) is 10.1 Å². The molecule has 0 spiro atoms. The average Bonchev–Trinajstić information content (AvgIpc) is 3.39. The van der Waals surface area contributed by atoms with Gasteiger partial charge in [0.2, 0.25) is 0 Å². The van der Waals surface area contributed by atoms with Crippen LogP contribution in [-0.2, 0) is 6.42 Å². The second-order valence-corrected chi connectivity index (χ2v) is 7.22. The molecule has 6 nitrogen and oxygen atoms in total. The molecule has 29 heavy (non-hydrogen) atoms. The molecule has 5 aromatic rings. The average molecular weight is 383 g/mol. The molecule has 5 rings (SSSR count). The number of nitrogens with one attached hydrogen (secondary N) is 2. The molecule has 0 saturated heterocycles. The van der Waals surface area contributed by atoms with E-state index in [1.54, 1.807) is 6.20 Å². The van der Waals surface area contributed by atoms with Gasteiger partial charge in [-0.1, -0.05) is 30.3 Å². The van der Waals surface area contributed by atoms with Gasteiger partial charge in [0.05, 0.1) is 17.9 Å². The zero-order valence-corrected chi connectivity index (χ0v) is 15.8. The van der Waals surface area contributed by atoms with E-state index >= 15 is 0 Å². The van der Waals surface area contributed by atoms with Gasteiger partial charge < -0.3 is 15.5 Å². The van der Waals surface area contributed by atoms with Crippen molar-refractivity contribution in [3.05, 3.63) is 78.9 Å². The standard InChI is InChI=1S/C23H21N5O/c24-19(7-18-11-26-22-4-2-1-3-21(18)22)14-29-20-8-17(10-25-13-20)15-5-6-16-12-27-28-23(16)9-15/h1-6,8-13,19,26H,7,14,24H2,(H,27,28)/t19-/m0/s1. The maximum atomic E-state index is 6.33. The summed E-state index contributed by atoms with van der Waals surface area (Å²) in [6.07, 6.45) is 8.13. The lowest BCUT2D eigenvalue weighted by Gasteiger charge is -2.13. The largest absolute Gasteiger partial charge is 0.490 e. The molecule has 1 atom stereocenters. The van der Waals surface area contributed by atoms with Gasteiger partial charge in [0, 0.05) is 40.3 Å². The van der Waals surface area contributed by atoms with Gasteiger partial charge in [-0.25, -0.2) is 0 Å². The summed E-state index contributed by atoms with van der Waals surface area (Å²) in [7, 11) is 0. The zero-order chi connectivity index (χ0) is 19.6. The molecule has 2 aromatic carbocycles. The fourth-order valence-corrected chi connectivity index (χ4v) is 3.62. The van der Waals surface area contributed by atoms with Crippen molar-refractivity contribution in [2.75, 3.05) is 6.61 Å². The van der Waals surface area contributed by atoms with E-state index in [0.29, 0.717) is 12.4 Å². The molecule has 144 valence electrons. The molecule has 0 aliphatic carbocycles. The highest BCUT2D eigenvalue weighted by atomic mass is 16.5. The molecule has 0 bridgehead atoms. The number of nitrogens with two attached hydrogens (primary N) is 1. The number of aromatic amines is 2. The molecule has 0 amide bonds. The van der Waals surface area contributed by atoms with Crippen molar-refractivity contribution in [1.29, 1.82) is 0 Å². The Morgan fingerprint density at radius 2 is 1.90 bits per heavy atom. The second-order valence-electron chi connectivity index (χ2n) is 7.22. The number of H-pyrrole nitrogens is 2. The normalized spacial score (nSPS) is 12.4. The Labute approximate surface area is 167 Å². The summed E-state index contributed by atoms with van der Waals surface area (Å²) in [5, 5.41) is 9.36. The number of benzene rings is 2. The maximum Gasteiger partial charge on any atom is 0.138 e. The Morgan fingerprint density at radius 3 is 2.86 bits per heavy atom. The minimum absolute atomic E-state index is 0.112. The van der Waals surface area contributed by atoms with Crippen molar-refractivity contribution in [2.24, 2.45) is 5.73 Å². The Balaban J connectivity index is 1.27. The minimum atomic E-state index is -0.112. The number of hydrogen-bond donors (Lipinski definition) is 3. The summed E-state index contributed by atoms with van der Waals surface area (Å²) >= 11 is 0. The third-order valence-electron chi connectivity index (χ3n) is 5.11. The number of ether oxygens (including phenoxy) is 1. The Kier molecular flexibility index (Phi) is 4.46. The highest BCUT2D eigenvalue weighted by molar-refractivity contribution is 5.84. The Hall–Kier alpha value is -3.64. The van der Waals surface area contributed by atoms with Crippen LogP contribution in [0.25, 0.3) is 32.9 Å². The number of rotatable bonds is 6. The fraction of sp³-hybridized carbons (Fsp3) is 0.130. The van der Waals surface area contributed by atoms with Crippen LogP contribution in [0.5, 0.6) is 5.75 Å². The molecule has 6 heteroatoms. The van der Waals surface area contributed by atoms with Crippen LogP contribution in [0.4, 0.5) is 0 Å². The lowest BCUT2D eigenvalue weighted by atomic mass is 10.1. The molecule has 3 heterocycles. The highest BCUT2D eigenvalue weighted by Crippen LogP contribution is 2.26. The van der Waals surface area contributed by atoms with Gasteiger partial charge in [0.1, 0.15) is 12.4 Å². The molecular formula is C23H21N5O. The van der Waals surface area contributed by atoms with Crippen molar-refractivity contribution in [2.45, 2.75) is 12.5 Å². The fourth-order valence-electron chi connectivity index (χ4n) is 3.62. The van der Waals surface area contributed by atoms with E-state index in [9.17, 15) is 0 Å². The van der Waals surface area contributed by atoms with Crippen LogP contribution >= 0.6 is 0 Å². The number of fused-ring (bicyclic) bond motifs is 2. The van der Waals surface area contributed by atoms with Crippen LogP contribution in [0.15, 0.2) is 73.3 Å². The minimum Gasteiger partial charge on any atom is -0.490 e. The van der Waals surface area contributed by atoms with Crippen molar-refractivity contribution in [3.8, 4) is 16.9 Å². The van der Waals surface area contributed by atoms with E-state index in [1.165, 1.54) is 10.9 Å². The monoisotopic (exact) mass is 383 g/mol. The van der Waals surface area contributed by atoms with E-state index < -0.39 is 0 Å². The summed E-state index contributed by atoms with van der Waals surface area (Å²) in [6, 6.07) is 16.3. The molecule has 0 radical (unpaired) electrons. The number of hydrogen-bond acceptors (Lipinski definition) is 4. The first-order valence-corrected chi connectivity index (χ1v) is 9.58. The maximum absolute atomic E-state index is 6.33. The molecule has 0 aliphatic heterocycles. The van der Waals surface area contributed by atoms with Gasteiger partial charge in [0.15, 0.2) is 0 Å².